The highest BCUT2D eigenvalue weighted by molar-refractivity contribution is 7.07. The number of aromatic nitrogens is 6. The average molecular weight is 381 g/mol. The van der Waals surface area contributed by atoms with Gasteiger partial charge in [0, 0.05) is 30.5 Å². The maximum Gasteiger partial charge on any atom is 0.331 e. The first-order valence-corrected chi connectivity index (χ1v) is 8.89. The van der Waals surface area contributed by atoms with Crippen LogP contribution in [0.15, 0.2) is 43.0 Å². The first kappa shape index (κ1) is 17.0. The fraction of sp³-hybridized carbons (Fsp3) is 0.176. The molecule has 1 N–H and O–H groups in total. The van der Waals surface area contributed by atoms with E-state index in [9.17, 15) is 0 Å². The average Bonchev–Trinajstić information content (AvgIpc) is 3.17. The van der Waals surface area contributed by atoms with Crippen LogP contribution in [0, 0.1) is 0 Å². The lowest BCUT2D eigenvalue weighted by Crippen LogP contribution is -2.07. The second-order valence-corrected chi connectivity index (χ2v) is 6.13. The molecule has 0 saturated heterocycles. The molecular weight excluding hydrogens is 366 g/mol. The van der Waals surface area contributed by atoms with Crippen LogP contribution in [0.4, 0.5) is 5.82 Å². The molecule has 0 bridgehead atoms. The summed E-state index contributed by atoms with van der Waals surface area (Å²) in [5.74, 6) is 1.38. The number of fused-ring (bicyclic) bond motifs is 1. The molecule has 9 nitrogen and oxygen atoms in total. The van der Waals surface area contributed by atoms with Crippen LogP contribution in [0.1, 0.15) is 5.56 Å². The molecule has 3 aromatic heterocycles. The van der Waals surface area contributed by atoms with Gasteiger partial charge < -0.3 is 14.8 Å². The lowest BCUT2D eigenvalue weighted by Gasteiger charge is -2.07. The van der Waals surface area contributed by atoms with E-state index in [1.807, 2.05) is 24.3 Å². The number of hydrogen-bond donors (Lipinski definition) is 1. The van der Waals surface area contributed by atoms with Gasteiger partial charge in [0.1, 0.15) is 17.6 Å². The Balaban J connectivity index is 1.34. The highest BCUT2D eigenvalue weighted by Gasteiger charge is 2.07. The van der Waals surface area contributed by atoms with E-state index in [4.69, 9.17) is 9.47 Å². The number of rotatable bonds is 7. The monoisotopic (exact) mass is 381 g/mol. The molecule has 0 fully saturated rings. The SMILES string of the molecule is COc1nsc(Oc2ccc(CCNc3ncnc4nccnc34)cc2)n1. The summed E-state index contributed by atoms with van der Waals surface area (Å²) in [6.45, 7) is 0.705. The number of ether oxygens (including phenoxy) is 2. The molecule has 0 saturated carbocycles. The number of nitrogens with one attached hydrogen (secondary N) is 1. The van der Waals surface area contributed by atoms with Crippen molar-refractivity contribution < 1.29 is 9.47 Å². The second-order valence-electron chi connectivity index (χ2n) is 5.42. The van der Waals surface area contributed by atoms with Gasteiger partial charge in [-0.25, -0.2) is 19.9 Å². The van der Waals surface area contributed by atoms with Crippen molar-refractivity contribution >= 4 is 28.5 Å². The van der Waals surface area contributed by atoms with E-state index in [-0.39, 0.29) is 0 Å². The topological polar surface area (TPSA) is 108 Å². The predicted octanol–water partition coefficient (Wildman–Crippen LogP) is 2.73. The Bertz CT molecular complexity index is 1030. The molecule has 4 aromatic rings. The Labute approximate surface area is 158 Å². The standard InChI is InChI=1S/C17H15N7O2S/c1-25-16-23-17(27-24-16)26-12-4-2-11(3-5-12)6-7-19-14-13-15(22-10-21-14)20-9-8-18-13/h2-5,8-10H,6-7H2,1H3,(H,19,20,21,22). The van der Waals surface area contributed by atoms with Crippen LogP contribution in [-0.2, 0) is 6.42 Å². The fourth-order valence-electron chi connectivity index (χ4n) is 2.40. The molecular formula is C17H15N7O2S. The molecule has 136 valence electrons. The highest BCUT2D eigenvalue weighted by atomic mass is 32.1. The largest absolute Gasteiger partial charge is 0.466 e. The van der Waals surface area contributed by atoms with Gasteiger partial charge in [0.05, 0.1) is 7.11 Å². The zero-order chi connectivity index (χ0) is 18.5. The third-order valence-electron chi connectivity index (χ3n) is 3.68. The van der Waals surface area contributed by atoms with E-state index in [0.29, 0.717) is 40.5 Å². The van der Waals surface area contributed by atoms with E-state index in [2.05, 4.69) is 34.6 Å². The molecule has 3 heterocycles. The van der Waals surface area contributed by atoms with Gasteiger partial charge in [0.15, 0.2) is 11.5 Å². The molecule has 0 aliphatic heterocycles. The van der Waals surface area contributed by atoms with Gasteiger partial charge in [0.25, 0.3) is 0 Å². The lowest BCUT2D eigenvalue weighted by molar-refractivity contribution is 0.378. The number of benzene rings is 1. The van der Waals surface area contributed by atoms with Gasteiger partial charge in [-0.1, -0.05) is 12.1 Å². The predicted molar refractivity (Wildman–Crippen MR) is 100 cm³/mol. The Hall–Kier alpha value is -3.40. The van der Waals surface area contributed by atoms with E-state index in [1.165, 1.54) is 13.4 Å². The number of nitrogens with zero attached hydrogens (tertiary/aromatic N) is 6. The summed E-state index contributed by atoms with van der Waals surface area (Å²) in [5.41, 5.74) is 2.40. The zero-order valence-electron chi connectivity index (χ0n) is 14.4. The van der Waals surface area contributed by atoms with Crippen LogP contribution in [0.3, 0.4) is 0 Å². The van der Waals surface area contributed by atoms with Crippen molar-refractivity contribution in [3.05, 3.63) is 48.5 Å². The zero-order valence-corrected chi connectivity index (χ0v) is 15.2. The maximum absolute atomic E-state index is 5.65. The Kier molecular flexibility index (Phi) is 4.97. The molecule has 0 spiro atoms. The molecule has 0 amide bonds. The fourth-order valence-corrected chi connectivity index (χ4v) is 2.92. The molecule has 0 aliphatic carbocycles. The third-order valence-corrected chi connectivity index (χ3v) is 4.25. The summed E-state index contributed by atoms with van der Waals surface area (Å²) in [5, 5.41) is 3.73. The lowest BCUT2D eigenvalue weighted by atomic mass is 10.1. The molecule has 0 atom stereocenters. The third kappa shape index (κ3) is 4.06. The van der Waals surface area contributed by atoms with Crippen molar-refractivity contribution in [3.8, 4) is 17.0 Å². The van der Waals surface area contributed by atoms with Crippen LogP contribution in [-0.4, -0.2) is 42.9 Å². The van der Waals surface area contributed by atoms with E-state index in [0.717, 1.165) is 23.5 Å². The summed E-state index contributed by atoms with van der Waals surface area (Å²) in [4.78, 5) is 20.9. The van der Waals surface area contributed by atoms with E-state index < -0.39 is 0 Å². The molecule has 10 heteroatoms. The first-order valence-electron chi connectivity index (χ1n) is 8.12. The van der Waals surface area contributed by atoms with E-state index >= 15 is 0 Å². The minimum Gasteiger partial charge on any atom is -0.466 e. The minimum absolute atomic E-state index is 0.305. The van der Waals surface area contributed by atoms with E-state index in [1.54, 1.807) is 12.4 Å². The summed E-state index contributed by atoms with van der Waals surface area (Å²) in [6, 6.07) is 8.11. The van der Waals surface area contributed by atoms with Crippen LogP contribution in [0.2, 0.25) is 0 Å². The van der Waals surface area contributed by atoms with Crippen molar-refractivity contribution in [2.75, 3.05) is 19.0 Å². The maximum atomic E-state index is 5.65. The molecule has 0 radical (unpaired) electrons. The van der Waals surface area contributed by atoms with Crippen molar-refractivity contribution in [2.24, 2.45) is 0 Å². The number of hydrogen-bond acceptors (Lipinski definition) is 10. The van der Waals surface area contributed by atoms with Crippen LogP contribution in [0.5, 0.6) is 17.0 Å². The molecule has 0 aliphatic rings. The summed E-state index contributed by atoms with van der Waals surface area (Å²) in [7, 11) is 1.52. The quantitative estimate of drug-likeness (QED) is 0.517. The smallest absolute Gasteiger partial charge is 0.331 e. The van der Waals surface area contributed by atoms with Crippen LogP contribution >= 0.6 is 11.5 Å². The van der Waals surface area contributed by atoms with Gasteiger partial charge in [-0.2, -0.15) is 0 Å². The highest BCUT2D eigenvalue weighted by Crippen LogP contribution is 2.25. The summed E-state index contributed by atoms with van der Waals surface area (Å²) in [6.07, 6.45) is 5.54. The van der Waals surface area contributed by atoms with Gasteiger partial charge in [-0.15, -0.1) is 9.36 Å². The van der Waals surface area contributed by atoms with Crippen molar-refractivity contribution in [2.45, 2.75) is 6.42 Å². The molecule has 4 rings (SSSR count). The molecule has 27 heavy (non-hydrogen) atoms. The van der Waals surface area contributed by atoms with Crippen molar-refractivity contribution in [1.29, 1.82) is 0 Å². The molecule has 1 aromatic carbocycles. The molecule has 0 unspecified atom stereocenters. The van der Waals surface area contributed by atoms with Crippen molar-refractivity contribution in [1.82, 2.24) is 29.3 Å². The number of methoxy groups -OCH3 is 1. The minimum atomic E-state index is 0.305. The van der Waals surface area contributed by atoms with Gasteiger partial charge in [-0.05, 0) is 24.1 Å². The summed E-state index contributed by atoms with van der Waals surface area (Å²) >= 11 is 1.14. The first-order chi connectivity index (χ1) is 13.3. The van der Waals surface area contributed by atoms with Gasteiger partial charge >= 0.3 is 11.2 Å². The Morgan fingerprint density at radius 2 is 1.89 bits per heavy atom. The van der Waals surface area contributed by atoms with Crippen LogP contribution < -0.4 is 14.8 Å². The summed E-state index contributed by atoms with van der Waals surface area (Å²) < 4.78 is 14.6. The second kappa shape index (κ2) is 7.87. The van der Waals surface area contributed by atoms with Crippen molar-refractivity contribution in [3.63, 3.8) is 0 Å². The van der Waals surface area contributed by atoms with Crippen LogP contribution in [0.25, 0.3) is 11.2 Å². The Morgan fingerprint density at radius 3 is 2.70 bits per heavy atom. The normalized spacial score (nSPS) is 10.7. The Morgan fingerprint density at radius 1 is 1.04 bits per heavy atom. The van der Waals surface area contributed by atoms with Gasteiger partial charge in [0.2, 0.25) is 0 Å². The van der Waals surface area contributed by atoms with Gasteiger partial charge in [-0.3, -0.25) is 0 Å². The number of anilines is 1.